The zero-order chi connectivity index (χ0) is 16.4. The molecule has 0 unspecified atom stereocenters. The van der Waals surface area contributed by atoms with Crippen molar-refractivity contribution in [2.45, 2.75) is 6.92 Å². The number of carbonyl (C=O) groups excluding carboxylic acids is 1. The Morgan fingerprint density at radius 2 is 1.61 bits per heavy atom. The van der Waals surface area contributed by atoms with Crippen LogP contribution in [0.25, 0.3) is 0 Å². The van der Waals surface area contributed by atoms with Crippen molar-refractivity contribution in [2.75, 3.05) is 31.1 Å². The van der Waals surface area contributed by atoms with Gasteiger partial charge in [-0.3, -0.25) is 4.79 Å². The van der Waals surface area contributed by atoms with Gasteiger partial charge in [0.1, 0.15) is 11.5 Å². The van der Waals surface area contributed by atoms with E-state index in [4.69, 9.17) is 0 Å². The van der Waals surface area contributed by atoms with Crippen LogP contribution in [0.2, 0.25) is 0 Å². The maximum Gasteiger partial charge on any atom is 0.257 e. The summed E-state index contributed by atoms with van der Waals surface area (Å²) in [6, 6.07) is 12.2. The number of phenols is 2. The van der Waals surface area contributed by atoms with E-state index in [0.717, 1.165) is 24.3 Å². The van der Waals surface area contributed by atoms with Gasteiger partial charge in [-0.25, -0.2) is 0 Å². The maximum atomic E-state index is 12.6. The highest BCUT2D eigenvalue weighted by atomic mass is 16.3. The predicted octanol–water partition coefficient (Wildman–Crippen LogP) is 2.37. The van der Waals surface area contributed by atoms with Gasteiger partial charge in [0.25, 0.3) is 5.91 Å². The van der Waals surface area contributed by atoms with E-state index in [2.05, 4.69) is 4.90 Å². The van der Waals surface area contributed by atoms with Crippen molar-refractivity contribution in [1.82, 2.24) is 4.90 Å². The van der Waals surface area contributed by atoms with Crippen molar-refractivity contribution < 1.29 is 15.0 Å². The fraction of sp³-hybridized carbons (Fsp3) is 0.278. The Morgan fingerprint density at radius 3 is 2.26 bits per heavy atom. The summed E-state index contributed by atoms with van der Waals surface area (Å²) in [5.74, 6) is 0.149. The lowest BCUT2D eigenvalue weighted by Gasteiger charge is -2.36. The lowest BCUT2D eigenvalue weighted by Crippen LogP contribution is -2.48. The molecule has 1 saturated heterocycles. The molecule has 2 aromatic carbocycles. The third kappa shape index (κ3) is 3.23. The molecule has 0 spiro atoms. The Bertz CT molecular complexity index is 705. The molecule has 0 atom stereocenters. The van der Waals surface area contributed by atoms with Crippen LogP contribution in [0.3, 0.4) is 0 Å². The second-order valence-electron chi connectivity index (χ2n) is 5.82. The number of aromatic hydroxyl groups is 2. The lowest BCUT2D eigenvalue weighted by molar-refractivity contribution is 0.0743. The minimum atomic E-state index is -0.128. The van der Waals surface area contributed by atoms with Gasteiger partial charge in [0.2, 0.25) is 0 Å². The van der Waals surface area contributed by atoms with Crippen molar-refractivity contribution >= 4 is 11.6 Å². The SMILES string of the molecule is Cc1ccc(O)c(C(=O)N2CCN(c3ccc(O)cc3)CC2)c1. The number of carbonyl (C=O) groups is 1. The number of piperazine rings is 1. The first-order chi connectivity index (χ1) is 11.0. The number of hydrogen-bond donors (Lipinski definition) is 2. The summed E-state index contributed by atoms with van der Waals surface area (Å²) in [7, 11) is 0. The van der Waals surface area contributed by atoms with Gasteiger partial charge in [-0.2, -0.15) is 0 Å². The summed E-state index contributed by atoms with van der Waals surface area (Å²) in [6.45, 7) is 4.56. The number of hydrogen-bond acceptors (Lipinski definition) is 4. The van der Waals surface area contributed by atoms with E-state index in [1.807, 2.05) is 19.1 Å². The average Bonchev–Trinajstić information content (AvgIpc) is 2.57. The van der Waals surface area contributed by atoms with Gasteiger partial charge in [0.05, 0.1) is 5.56 Å². The van der Waals surface area contributed by atoms with Gasteiger partial charge >= 0.3 is 0 Å². The zero-order valence-corrected chi connectivity index (χ0v) is 13.1. The topological polar surface area (TPSA) is 64.0 Å². The first-order valence-electron chi connectivity index (χ1n) is 7.67. The normalized spacial score (nSPS) is 14.8. The molecule has 1 amide bonds. The average molecular weight is 312 g/mol. The zero-order valence-electron chi connectivity index (χ0n) is 13.1. The van der Waals surface area contributed by atoms with E-state index in [9.17, 15) is 15.0 Å². The molecule has 3 rings (SSSR count). The third-order valence-electron chi connectivity index (χ3n) is 4.16. The van der Waals surface area contributed by atoms with E-state index in [-0.39, 0.29) is 17.4 Å². The minimum absolute atomic E-state index is 0.0292. The number of rotatable bonds is 2. The van der Waals surface area contributed by atoms with E-state index in [1.165, 1.54) is 0 Å². The Morgan fingerprint density at radius 1 is 0.957 bits per heavy atom. The second-order valence-corrected chi connectivity index (χ2v) is 5.82. The monoisotopic (exact) mass is 312 g/mol. The maximum absolute atomic E-state index is 12.6. The quantitative estimate of drug-likeness (QED) is 0.893. The molecule has 2 aromatic rings. The van der Waals surface area contributed by atoms with Crippen LogP contribution in [0.5, 0.6) is 11.5 Å². The number of anilines is 1. The molecule has 120 valence electrons. The van der Waals surface area contributed by atoms with Crippen LogP contribution < -0.4 is 4.90 Å². The van der Waals surface area contributed by atoms with Crippen LogP contribution in [-0.2, 0) is 0 Å². The van der Waals surface area contributed by atoms with Gasteiger partial charge in [-0.15, -0.1) is 0 Å². The summed E-state index contributed by atoms with van der Waals surface area (Å²) in [5.41, 5.74) is 2.35. The van der Waals surface area contributed by atoms with Gasteiger partial charge in [-0.1, -0.05) is 11.6 Å². The van der Waals surface area contributed by atoms with Crippen LogP contribution in [0.15, 0.2) is 42.5 Å². The Kier molecular flexibility index (Phi) is 4.10. The Labute approximate surface area is 135 Å². The van der Waals surface area contributed by atoms with Crippen molar-refractivity contribution in [3.05, 3.63) is 53.6 Å². The number of benzene rings is 2. The summed E-state index contributed by atoms with van der Waals surface area (Å²) in [6.07, 6.45) is 0. The van der Waals surface area contributed by atoms with Crippen LogP contribution >= 0.6 is 0 Å². The fourth-order valence-electron chi connectivity index (χ4n) is 2.82. The largest absolute Gasteiger partial charge is 0.508 e. The molecule has 2 N–H and O–H groups in total. The molecule has 1 heterocycles. The number of phenolic OH excluding ortho intramolecular Hbond substituents is 2. The van der Waals surface area contributed by atoms with Crippen molar-refractivity contribution in [2.24, 2.45) is 0 Å². The number of nitrogens with zero attached hydrogens (tertiary/aromatic N) is 2. The van der Waals surface area contributed by atoms with Crippen molar-refractivity contribution in [1.29, 1.82) is 0 Å². The standard InChI is InChI=1S/C18H20N2O3/c1-13-2-7-17(22)16(12-13)18(23)20-10-8-19(9-11-20)14-3-5-15(21)6-4-14/h2-7,12,21-22H,8-11H2,1H3. The predicted molar refractivity (Wildman–Crippen MR) is 89.1 cm³/mol. The molecular formula is C18H20N2O3. The van der Waals surface area contributed by atoms with Gasteiger partial charge < -0.3 is 20.0 Å². The second kappa shape index (κ2) is 6.20. The molecule has 1 fully saturated rings. The van der Waals surface area contributed by atoms with Gasteiger partial charge in [0.15, 0.2) is 0 Å². The highest BCUT2D eigenvalue weighted by Gasteiger charge is 2.24. The van der Waals surface area contributed by atoms with E-state index >= 15 is 0 Å². The first kappa shape index (κ1) is 15.2. The van der Waals surface area contributed by atoms with E-state index in [0.29, 0.717) is 18.7 Å². The van der Waals surface area contributed by atoms with Gasteiger partial charge in [-0.05, 0) is 43.3 Å². The Hall–Kier alpha value is -2.69. The number of aryl methyl sites for hydroxylation is 1. The smallest absolute Gasteiger partial charge is 0.257 e. The molecule has 0 aromatic heterocycles. The lowest BCUT2D eigenvalue weighted by atomic mass is 10.1. The summed E-state index contributed by atoms with van der Waals surface area (Å²) in [5, 5.41) is 19.3. The Balaban J connectivity index is 1.67. The molecule has 0 radical (unpaired) electrons. The first-order valence-corrected chi connectivity index (χ1v) is 7.67. The molecule has 1 aliphatic rings. The fourth-order valence-corrected chi connectivity index (χ4v) is 2.82. The van der Waals surface area contributed by atoms with Crippen molar-refractivity contribution in [3.8, 4) is 11.5 Å². The van der Waals surface area contributed by atoms with E-state index in [1.54, 1.807) is 35.2 Å². The van der Waals surface area contributed by atoms with Gasteiger partial charge in [0, 0.05) is 31.9 Å². The minimum Gasteiger partial charge on any atom is -0.508 e. The number of amides is 1. The molecule has 0 saturated carbocycles. The van der Waals surface area contributed by atoms with Crippen LogP contribution in [0.1, 0.15) is 15.9 Å². The molecule has 0 aliphatic carbocycles. The summed E-state index contributed by atoms with van der Waals surface area (Å²) >= 11 is 0. The molecule has 1 aliphatic heterocycles. The molecule has 5 nitrogen and oxygen atoms in total. The third-order valence-corrected chi connectivity index (χ3v) is 4.16. The highest BCUT2D eigenvalue weighted by molar-refractivity contribution is 5.97. The summed E-state index contributed by atoms with van der Waals surface area (Å²) in [4.78, 5) is 16.5. The molecular weight excluding hydrogens is 292 g/mol. The molecule has 23 heavy (non-hydrogen) atoms. The van der Waals surface area contributed by atoms with Crippen LogP contribution in [0, 0.1) is 6.92 Å². The van der Waals surface area contributed by atoms with Crippen LogP contribution in [-0.4, -0.2) is 47.2 Å². The highest BCUT2D eigenvalue weighted by Crippen LogP contribution is 2.23. The molecule has 5 heteroatoms. The molecule has 0 bridgehead atoms. The van der Waals surface area contributed by atoms with E-state index < -0.39 is 0 Å². The van der Waals surface area contributed by atoms with Crippen molar-refractivity contribution in [3.63, 3.8) is 0 Å². The van der Waals surface area contributed by atoms with Crippen LogP contribution in [0.4, 0.5) is 5.69 Å². The summed E-state index contributed by atoms with van der Waals surface area (Å²) < 4.78 is 0.